The third kappa shape index (κ3) is 4.22. The number of carbonyl (C=O) groups excluding carboxylic acids is 2. The Kier molecular flexibility index (Phi) is 5.48. The van der Waals surface area contributed by atoms with Gasteiger partial charge in [0.25, 0.3) is 5.56 Å². The van der Waals surface area contributed by atoms with Crippen LogP contribution in [0.4, 0.5) is 22.2 Å². The number of aromatic amines is 1. The van der Waals surface area contributed by atoms with Crippen molar-refractivity contribution in [1.82, 2.24) is 14.9 Å². The molecule has 1 aliphatic heterocycles. The molecule has 0 unspecified atom stereocenters. The number of nitrogens with zero attached hydrogens (tertiary/aromatic N) is 3. The Hall–Kier alpha value is -3.56. The van der Waals surface area contributed by atoms with Gasteiger partial charge in [0, 0.05) is 37.9 Å². The van der Waals surface area contributed by atoms with Crippen LogP contribution in [0.1, 0.15) is 15.9 Å². The molecule has 28 heavy (non-hydrogen) atoms. The molecule has 2 aromatic rings. The molecule has 148 valence electrons. The summed E-state index contributed by atoms with van der Waals surface area (Å²) in [6.07, 6.45) is 0. The fourth-order valence-electron chi connectivity index (χ4n) is 2.96. The first-order chi connectivity index (χ1) is 13.4. The zero-order valence-electron chi connectivity index (χ0n) is 15.7. The van der Waals surface area contributed by atoms with Gasteiger partial charge in [0.1, 0.15) is 5.82 Å². The molecule has 10 nitrogen and oxygen atoms in total. The maximum atomic E-state index is 12.6. The van der Waals surface area contributed by atoms with Gasteiger partial charge in [0.05, 0.1) is 12.7 Å². The van der Waals surface area contributed by atoms with Crippen molar-refractivity contribution in [3.05, 3.63) is 45.7 Å². The normalized spacial score (nSPS) is 13.9. The molecule has 4 N–H and O–H groups in total. The highest BCUT2D eigenvalue weighted by molar-refractivity contribution is 5.94. The van der Waals surface area contributed by atoms with E-state index in [0.717, 1.165) is 5.56 Å². The van der Waals surface area contributed by atoms with Gasteiger partial charge >= 0.3 is 12.0 Å². The Labute approximate surface area is 161 Å². The second-order valence-corrected chi connectivity index (χ2v) is 6.41. The van der Waals surface area contributed by atoms with E-state index in [1.54, 1.807) is 23.1 Å². The van der Waals surface area contributed by atoms with Crippen LogP contribution in [-0.2, 0) is 4.74 Å². The Morgan fingerprint density at radius 2 is 1.93 bits per heavy atom. The van der Waals surface area contributed by atoms with Gasteiger partial charge in [-0.05, 0) is 24.6 Å². The average molecular weight is 386 g/mol. The van der Waals surface area contributed by atoms with Crippen molar-refractivity contribution in [2.45, 2.75) is 6.92 Å². The first-order valence-electron chi connectivity index (χ1n) is 8.74. The predicted octanol–water partition coefficient (Wildman–Crippen LogP) is 0.801. The van der Waals surface area contributed by atoms with Crippen molar-refractivity contribution in [2.24, 2.45) is 0 Å². The molecule has 2 amide bonds. The number of aryl methyl sites for hydroxylation is 1. The number of methoxy groups -OCH3 is 1. The second kappa shape index (κ2) is 7.99. The Morgan fingerprint density at radius 3 is 2.57 bits per heavy atom. The van der Waals surface area contributed by atoms with Crippen molar-refractivity contribution in [3.8, 4) is 0 Å². The Bertz CT molecular complexity index is 949. The van der Waals surface area contributed by atoms with E-state index in [2.05, 4.69) is 15.3 Å². The quantitative estimate of drug-likeness (QED) is 0.664. The number of nitrogens with one attached hydrogen (secondary N) is 2. The number of rotatable bonds is 3. The first-order valence-corrected chi connectivity index (χ1v) is 8.74. The highest BCUT2D eigenvalue weighted by Gasteiger charge is 2.23. The number of nitrogen functional groups attached to an aromatic ring is 1. The number of ether oxygens (including phenoxy) is 1. The zero-order valence-corrected chi connectivity index (χ0v) is 15.7. The van der Waals surface area contributed by atoms with Crippen LogP contribution in [0.3, 0.4) is 0 Å². The number of benzene rings is 1. The monoisotopic (exact) mass is 386 g/mol. The van der Waals surface area contributed by atoms with Crippen molar-refractivity contribution in [1.29, 1.82) is 0 Å². The molecule has 1 aliphatic rings. The number of amides is 2. The lowest BCUT2D eigenvalue weighted by Crippen LogP contribution is -2.50. The summed E-state index contributed by atoms with van der Waals surface area (Å²) in [4.78, 5) is 45.9. The van der Waals surface area contributed by atoms with Gasteiger partial charge in [-0.25, -0.2) is 9.59 Å². The highest BCUT2D eigenvalue weighted by atomic mass is 16.5. The minimum absolute atomic E-state index is 0.0589. The summed E-state index contributed by atoms with van der Waals surface area (Å²) in [5.74, 6) is 0.0836. The number of piperazine rings is 1. The summed E-state index contributed by atoms with van der Waals surface area (Å²) in [6, 6.07) is 6.12. The van der Waals surface area contributed by atoms with Crippen LogP contribution in [0.2, 0.25) is 0 Å². The van der Waals surface area contributed by atoms with Crippen molar-refractivity contribution in [2.75, 3.05) is 49.2 Å². The number of carbonyl (C=O) groups is 2. The van der Waals surface area contributed by atoms with Gasteiger partial charge in [-0.1, -0.05) is 6.07 Å². The number of esters is 1. The maximum Gasteiger partial charge on any atom is 0.337 e. The third-order valence-corrected chi connectivity index (χ3v) is 4.54. The SMILES string of the molecule is COC(=O)c1ccc(C)c(NC(=O)N2CCN(c3cc(=O)[nH]c(N)n3)CC2)c1. The molecule has 1 saturated heterocycles. The Morgan fingerprint density at radius 1 is 1.21 bits per heavy atom. The number of urea groups is 1. The maximum absolute atomic E-state index is 12.6. The predicted molar refractivity (Wildman–Crippen MR) is 105 cm³/mol. The highest BCUT2D eigenvalue weighted by Crippen LogP contribution is 2.19. The molecule has 3 rings (SSSR count). The lowest BCUT2D eigenvalue weighted by atomic mass is 10.1. The largest absolute Gasteiger partial charge is 0.465 e. The molecule has 0 radical (unpaired) electrons. The molecule has 10 heteroatoms. The third-order valence-electron chi connectivity index (χ3n) is 4.54. The van der Waals surface area contributed by atoms with Crippen molar-refractivity contribution in [3.63, 3.8) is 0 Å². The van der Waals surface area contributed by atoms with E-state index in [9.17, 15) is 14.4 Å². The average Bonchev–Trinajstić information content (AvgIpc) is 2.68. The van der Waals surface area contributed by atoms with Crippen molar-refractivity contribution >= 4 is 29.5 Å². The second-order valence-electron chi connectivity index (χ2n) is 6.41. The smallest absolute Gasteiger partial charge is 0.337 e. The minimum atomic E-state index is -0.464. The Balaban J connectivity index is 1.64. The number of nitrogens with two attached hydrogens (primary N) is 1. The molecule has 0 saturated carbocycles. The number of hydrogen-bond donors (Lipinski definition) is 3. The van der Waals surface area contributed by atoms with Gasteiger partial charge in [-0.2, -0.15) is 4.98 Å². The number of H-pyrrole nitrogens is 1. The van der Waals surface area contributed by atoms with Gasteiger partial charge in [-0.15, -0.1) is 0 Å². The van der Waals surface area contributed by atoms with Gasteiger partial charge in [0.15, 0.2) is 0 Å². The summed E-state index contributed by atoms with van der Waals surface area (Å²) < 4.78 is 4.72. The fraction of sp³-hybridized carbons (Fsp3) is 0.333. The molecule has 1 aromatic carbocycles. The summed E-state index contributed by atoms with van der Waals surface area (Å²) in [7, 11) is 1.31. The van der Waals surface area contributed by atoms with Crippen LogP contribution < -0.4 is 21.5 Å². The van der Waals surface area contributed by atoms with Crippen LogP contribution in [0, 0.1) is 6.92 Å². The molecule has 0 spiro atoms. The molecule has 0 aliphatic carbocycles. The zero-order chi connectivity index (χ0) is 20.3. The number of anilines is 3. The molecule has 1 aromatic heterocycles. The molecular weight excluding hydrogens is 364 g/mol. The fourth-order valence-corrected chi connectivity index (χ4v) is 2.96. The van der Waals surface area contributed by atoms with Crippen LogP contribution in [0.5, 0.6) is 0 Å². The van der Waals surface area contributed by atoms with E-state index in [1.165, 1.54) is 13.2 Å². The molecule has 1 fully saturated rings. The van der Waals surface area contributed by atoms with Gasteiger partial charge in [0.2, 0.25) is 5.95 Å². The first kappa shape index (κ1) is 19.2. The number of aromatic nitrogens is 2. The van der Waals surface area contributed by atoms with Gasteiger partial charge < -0.3 is 25.6 Å². The van der Waals surface area contributed by atoms with Crippen LogP contribution in [0.25, 0.3) is 0 Å². The van der Waals surface area contributed by atoms with Crippen molar-refractivity contribution < 1.29 is 14.3 Å². The summed E-state index contributed by atoms with van der Waals surface area (Å²) in [5.41, 5.74) is 7.03. The van der Waals surface area contributed by atoms with Crippen LogP contribution in [-0.4, -0.2) is 60.2 Å². The van der Waals surface area contributed by atoms with E-state index >= 15 is 0 Å². The lowest BCUT2D eigenvalue weighted by Gasteiger charge is -2.35. The summed E-state index contributed by atoms with van der Waals surface area (Å²) in [5, 5.41) is 2.84. The van der Waals surface area contributed by atoms with Gasteiger partial charge in [-0.3, -0.25) is 9.78 Å². The molecular formula is C18H22N6O4. The molecule has 0 atom stereocenters. The van der Waals surface area contributed by atoms with Crippen LogP contribution >= 0.6 is 0 Å². The molecule has 0 bridgehead atoms. The van der Waals surface area contributed by atoms with Crippen LogP contribution in [0.15, 0.2) is 29.1 Å². The van der Waals surface area contributed by atoms with E-state index in [1.807, 2.05) is 11.8 Å². The lowest BCUT2D eigenvalue weighted by molar-refractivity contribution is 0.0600. The summed E-state index contributed by atoms with van der Waals surface area (Å²) in [6.45, 7) is 3.79. The number of hydrogen-bond acceptors (Lipinski definition) is 7. The summed E-state index contributed by atoms with van der Waals surface area (Å²) >= 11 is 0. The van der Waals surface area contributed by atoms with E-state index in [4.69, 9.17) is 10.5 Å². The molecule has 2 heterocycles. The topological polar surface area (TPSA) is 134 Å². The van der Waals surface area contributed by atoms with E-state index in [-0.39, 0.29) is 17.5 Å². The van der Waals surface area contributed by atoms with E-state index < -0.39 is 5.97 Å². The minimum Gasteiger partial charge on any atom is -0.465 e. The standard InChI is InChI=1S/C18H22N6O4/c1-11-3-4-12(16(26)28-2)9-13(11)20-18(27)24-7-5-23(6-8-24)14-10-15(25)22-17(19)21-14/h3-4,9-10H,5-8H2,1-2H3,(H,20,27)(H3,19,21,22,25). The van der Waals surface area contributed by atoms with E-state index in [0.29, 0.717) is 43.2 Å².